The molecule has 2 heterocycles. The second-order valence-corrected chi connectivity index (χ2v) is 7.76. The number of hydrazone groups is 1. The van der Waals surface area contributed by atoms with Crippen molar-refractivity contribution in [1.29, 1.82) is 0 Å². The summed E-state index contributed by atoms with van der Waals surface area (Å²) in [5.74, 6) is -0.454. The van der Waals surface area contributed by atoms with E-state index in [1.54, 1.807) is 54.6 Å². The lowest BCUT2D eigenvalue weighted by atomic mass is 10.0. The number of aliphatic hydroxyl groups is 1. The first-order chi connectivity index (χ1) is 16.4. The van der Waals surface area contributed by atoms with Crippen molar-refractivity contribution < 1.29 is 18.3 Å². The average Bonchev–Trinajstić information content (AvgIpc) is 3.24. The van der Waals surface area contributed by atoms with Gasteiger partial charge in [0.2, 0.25) is 0 Å². The first-order valence-electron chi connectivity index (χ1n) is 10.4. The molecule has 0 saturated heterocycles. The third-order valence-electron chi connectivity index (χ3n) is 5.51. The van der Waals surface area contributed by atoms with Crippen molar-refractivity contribution in [1.82, 2.24) is 15.2 Å². The third-order valence-corrected chi connectivity index (χ3v) is 5.51. The van der Waals surface area contributed by atoms with Crippen LogP contribution in [0, 0.1) is 0 Å². The highest BCUT2D eigenvalue weighted by Crippen LogP contribution is 2.43. The number of aromatic nitrogens is 3. The van der Waals surface area contributed by atoms with Crippen LogP contribution in [-0.4, -0.2) is 37.9 Å². The Bertz CT molecular complexity index is 1330. The van der Waals surface area contributed by atoms with E-state index >= 15 is 0 Å². The Morgan fingerprint density at radius 2 is 1.21 bits per heavy atom. The summed E-state index contributed by atoms with van der Waals surface area (Å²) in [5, 5.41) is 23.5. The minimum atomic E-state index is -5.03. The zero-order valence-electron chi connectivity index (χ0n) is 17.7. The van der Waals surface area contributed by atoms with Gasteiger partial charge in [0.05, 0.1) is 12.1 Å². The Kier molecular flexibility index (Phi) is 5.33. The van der Waals surface area contributed by atoms with Crippen LogP contribution in [0.2, 0.25) is 0 Å². The van der Waals surface area contributed by atoms with Gasteiger partial charge in [0.25, 0.3) is 11.7 Å². The maximum Gasteiger partial charge on any atom is 0.438 e. The molecule has 5 rings (SSSR count). The third kappa shape index (κ3) is 3.80. The number of alkyl halides is 3. The van der Waals surface area contributed by atoms with Crippen molar-refractivity contribution in [3.05, 3.63) is 96.6 Å². The molecule has 3 aromatic carbocycles. The molecule has 0 aliphatic carbocycles. The second kappa shape index (κ2) is 8.35. The molecule has 0 spiro atoms. The molecule has 0 radical (unpaired) electrons. The van der Waals surface area contributed by atoms with Crippen LogP contribution in [0.25, 0.3) is 22.5 Å². The minimum Gasteiger partial charge on any atom is -0.362 e. The zero-order chi connectivity index (χ0) is 23.8. The standard InChI is InChI=1S/C25H18F3N5O/c26-25(27,28)24(34)16-20(17-10-4-1-5-11-17)32-33(24)23-29-21(18-12-6-2-7-13-18)22(30-31-23)19-14-8-3-9-15-19/h1-15,34H,16H2. The Morgan fingerprint density at radius 3 is 1.74 bits per heavy atom. The molecule has 1 aliphatic heterocycles. The summed E-state index contributed by atoms with van der Waals surface area (Å²) in [4.78, 5) is 4.42. The van der Waals surface area contributed by atoms with E-state index in [4.69, 9.17) is 0 Å². The van der Waals surface area contributed by atoms with E-state index in [0.29, 0.717) is 33.1 Å². The SMILES string of the molecule is OC1(C(F)(F)F)CC(c2ccccc2)=NN1c1nnc(-c2ccccc2)c(-c2ccccc2)n1. The fourth-order valence-corrected chi connectivity index (χ4v) is 3.76. The van der Waals surface area contributed by atoms with E-state index in [1.807, 2.05) is 36.4 Å². The van der Waals surface area contributed by atoms with Gasteiger partial charge in [-0.15, -0.1) is 10.2 Å². The minimum absolute atomic E-state index is 0.0671. The number of nitrogens with zero attached hydrogens (tertiary/aromatic N) is 5. The smallest absolute Gasteiger partial charge is 0.362 e. The van der Waals surface area contributed by atoms with Gasteiger partial charge in [-0.25, -0.2) is 4.98 Å². The first-order valence-corrected chi connectivity index (χ1v) is 10.4. The molecule has 1 N–H and O–H groups in total. The summed E-state index contributed by atoms with van der Waals surface area (Å²) in [5.41, 5.74) is -0.722. The van der Waals surface area contributed by atoms with Gasteiger partial charge >= 0.3 is 6.18 Å². The molecular weight excluding hydrogens is 443 g/mol. The van der Waals surface area contributed by atoms with Gasteiger partial charge in [-0.3, -0.25) is 0 Å². The first kappa shape index (κ1) is 21.7. The Morgan fingerprint density at radius 1 is 0.706 bits per heavy atom. The van der Waals surface area contributed by atoms with Gasteiger partial charge in [0.1, 0.15) is 11.4 Å². The molecule has 6 nitrogen and oxygen atoms in total. The predicted octanol–water partition coefficient (Wildman–Crippen LogP) is 5.07. The number of benzene rings is 3. The fourth-order valence-electron chi connectivity index (χ4n) is 3.76. The van der Waals surface area contributed by atoms with Crippen LogP contribution in [-0.2, 0) is 0 Å². The lowest BCUT2D eigenvalue weighted by Gasteiger charge is -2.32. The maximum atomic E-state index is 14.1. The number of rotatable bonds is 4. The molecular formula is C25H18F3N5O. The van der Waals surface area contributed by atoms with Crippen LogP contribution in [0.15, 0.2) is 96.1 Å². The highest BCUT2D eigenvalue weighted by atomic mass is 19.4. The molecule has 9 heteroatoms. The van der Waals surface area contributed by atoms with Crippen molar-refractivity contribution in [2.75, 3.05) is 5.01 Å². The van der Waals surface area contributed by atoms with Crippen molar-refractivity contribution in [3.63, 3.8) is 0 Å². The molecule has 1 aliphatic rings. The maximum absolute atomic E-state index is 14.1. The fraction of sp³-hybridized carbons (Fsp3) is 0.120. The van der Waals surface area contributed by atoms with Crippen LogP contribution < -0.4 is 5.01 Å². The Labute approximate surface area is 193 Å². The van der Waals surface area contributed by atoms with E-state index in [-0.39, 0.29) is 5.71 Å². The summed E-state index contributed by atoms with van der Waals surface area (Å²) in [6.07, 6.45) is -5.80. The lowest BCUT2D eigenvalue weighted by molar-refractivity contribution is -0.254. The predicted molar refractivity (Wildman–Crippen MR) is 122 cm³/mol. The van der Waals surface area contributed by atoms with Crippen LogP contribution in [0.1, 0.15) is 12.0 Å². The van der Waals surface area contributed by atoms with Gasteiger partial charge in [-0.1, -0.05) is 91.0 Å². The van der Waals surface area contributed by atoms with E-state index < -0.39 is 24.3 Å². The molecule has 0 saturated carbocycles. The van der Waals surface area contributed by atoms with E-state index in [1.165, 1.54) is 0 Å². The molecule has 0 amide bonds. The Hall–Kier alpha value is -4.11. The van der Waals surface area contributed by atoms with E-state index in [0.717, 1.165) is 0 Å². The van der Waals surface area contributed by atoms with Crippen LogP contribution in [0.5, 0.6) is 0 Å². The molecule has 1 unspecified atom stereocenters. The number of hydrogen-bond donors (Lipinski definition) is 1. The van der Waals surface area contributed by atoms with Gasteiger partial charge in [0.15, 0.2) is 0 Å². The van der Waals surface area contributed by atoms with Gasteiger partial charge in [-0.2, -0.15) is 23.3 Å². The van der Waals surface area contributed by atoms with E-state index in [9.17, 15) is 18.3 Å². The lowest BCUT2D eigenvalue weighted by Crippen LogP contribution is -2.55. The highest BCUT2D eigenvalue weighted by Gasteiger charge is 2.63. The quantitative estimate of drug-likeness (QED) is 0.459. The second-order valence-electron chi connectivity index (χ2n) is 7.76. The summed E-state index contributed by atoms with van der Waals surface area (Å²) >= 11 is 0. The van der Waals surface area contributed by atoms with Crippen molar-refractivity contribution >= 4 is 11.7 Å². The normalized spacial score (nSPS) is 18.1. The van der Waals surface area contributed by atoms with Crippen molar-refractivity contribution in [2.24, 2.45) is 5.10 Å². The monoisotopic (exact) mass is 461 g/mol. The molecule has 1 aromatic heterocycles. The summed E-state index contributed by atoms with van der Waals surface area (Å²) < 4.78 is 42.3. The number of anilines is 1. The van der Waals surface area contributed by atoms with Crippen molar-refractivity contribution in [2.45, 2.75) is 18.3 Å². The zero-order valence-corrected chi connectivity index (χ0v) is 17.7. The number of halogens is 3. The van der Waals surface area contributed by atoms with Crippen molar-refractivity contribution in [3.8, 4) is 22.5 Å². The molecule has 0 bridgehead atoms. The Balaban J connectivity index is 1.68. The van der Waals surface area contributed by atoms with Gasteiger partial charge in [-0.05, 0) is 5.56 Å². The summed E-state index contributed by atoms with van der Waals surface area (Å²) in [6.45, 7) is 0. The van der Waals surface area contributed by atoms with Crippen LogP contribution >= 0.6 is 0 Å². The molecule has 0 fully saturated rings. The molecule has 1 atom stereocenters. The number of hydrogen-bond acceptors (Lipinski definition) is 6. The van der Waals surface area contributed by atoms with Crippen LogP contribution in [0.3, 0.4) is 0 Å². The average molecular weight is 461 g/mol. The molecule has 34 heavy (non-hydrogen) atoms. The highest BCUT2D eigenvalue weighted by molar-refractivity contribution is 6.03. The molecule has 170 valence electrons. The van der Waals surface area contributed by atoms with Crippen LogP contribution in [0.4, 0.5) is 19.1 Å². The van der Waals surface area contributed by atoms with Gasteiger partial charge < -0.3 is 5.11 Å². The van der Waals surface area contributed by atoms with E-state index in [2.05, 4.69) is 20.3 Å². The topological polar surface area (TPSA) is 74.5 Å². The van der Waals surface area contributed by atoms with Gasteiger partial charge in [0, 0.05) is 11.1 Å². The summed E-state index contributed by atoms with van der Waals surface area (Å²) in [7, 11) is 0. The largest absolute Gasteiger partial charge is 0.438 e. The molecule has 4 aromatic rings. The summed E-state index contributed by atoms with van der Waals surface area (Å²) in [6, 6.07) is 26.4.